The van der Waals surface area contributed by atoms with Crippen molar-refractivity contribution in [2.45, 2.75) is 0 Å². The Morgan fingerprint density at radius 1 is 1.33 bits per heavy atom. The van der Waals surface area contributed by atoms with Crippen LogP contribution in [0.5, 0.6) is 0 Å². The molecule has 113 valence electrons. The van der Waals surface area contributed by atoms with E-state index in [1.54, 1.807) is 23.6 Å². The molecule has 0 fully saturated rings. The first-order valence-electron chi connectivity index (χ1n) is 5.80. The average Bonchev–Trinajstić information content (AvgIpc) is 3.14. The Kier molecular flexibility index (Phi) is 6.06. The molecular formula is C12H12Cl2CoN6. The molecule has 0 spiro atoms. The van der Waals surface area contributed by atoms with Crippen LogP contribution in [0.2, 0.25) is 0 Å². The molecule has 2 N–H and O–H groups in total. The number of imidazole rings is 2. The minimum atomic E-state index is 0.382. The number of hydrogen-bond acceptors (Lipinski definition) is 4. The number of hydrazone groups is 1. The fourth-order valence-electron chi connectivity index (χ4n) is 1.64. The normalized spacial score (nSPS) is 10.8. The van der Waals surface area contributed by atoms with Crippen LogP contribution in [0.1, 0.15) is 5.82 Å². The Hall–Kier alpha value is -1.54. The monoisotopic (exact) mass is 369 g/mol. The van der Waals surface area contributed by atoms with E-state index in [0.29, 0.717) is 24.7 Å². The van der Waals surface area contributed by atoms with Crippen molar-refractivity contribution in [1.29, 1.82) is 0 Å². The van der Waals surface area contributed by atoms with Gasteiger partial charge in [0.2, 0.25) is 5.95 Å². The predicted molar refractivity (Wildman–Crippen MR) is 82.4 cm³/mol. The topological polar surface area (TPSA) is 73.0 Å². The molecule has 0 unspecified atom stereocenters. The van der Waals surface area contributed by atoms with Gasteiger partial charge in [0.1, 0.15) is 5.82 Å². The van der Waals surface area contributed by atoms with Crippen molar-refractivity contribution in [3.05, 3.63) is 42.5 Å². The summed E-state index contributed by atoms with van der Waals surface area (Å²) in [6.07, 6.45) is 5.08. The SMILES string of the molecule is CN(/N=C/c1ncc[nH]1)c1nc2ccccc2[nH]1.[Cl][Co][Cl]. The van der Waals surface area contributed by atoms with Crippen molar-refractivity contribution in [3.8, 4) is 0 Å². The molecule has 0 aliphatic carbocycles. The van der Waals surface area contributed by atoms with Crippen LogP contribution in [0.15, 0.2) is 41.8 Å². The van der Waals surface area contributed by atoms with Gasteiger partial charge in [-0.1, -0.05) is 12.1 Å². The molecule has 21 heavy (non-hydrogen) atoms. The van der Waals surface area contributed by atoms with Crippen LogP contribution in [0.3, 0.4) is 0 Å². The summed E-state index contributed by atoms with van der Waals surface area (Å²) >= 11 is 0.382. The van der Waals surface area contributed by atoms with Crippen LogP contribution in [0.25, 0.3) is 11.0 Å². The van der Waals surface area contributed by atoms with Gasteiger partial charge in [-0.3, -0.25) is 0 Å². The minimum absolute atomic E-state index is 0.382. The molecule has 0 aliphatic heterocycles. The molecule has 0 amide bonds. The van der Waals surface area contributed by atoms with Gasteiger partial charge in [-0.25, -0.2) is 15.0 Å². The molecule has 9 heteroatoms. The summed E-state index contributed by atoms with van der Waals surface area (Å²) in [7, 11) is 11.3. The second kappa shape index (κ2) is 8.04. The summed E-state index contributed by atoms with van der Waals surface area (Å²) in [5.41, 5.74) is 1.92. The Labute approximate surface area is 136 Å². The molecule has 3 rings (SSSR count). The predicted octanol–water partition coefficient (Wildman–Crippen LogP) is 3.13. The second-order valence-corrected chi connectivity index (χ2v) is 5.59. The zero-order chi connectivity index (χ0) is 15.1. The fraction of sp³-hybridized carbons (Fsp3) is 0.0833. The van der Waals surface area contributed by atoms with Crippen LogP contribution in [-0.2, 0) is 12.9 Å². The molecular weight excluding hydrogens is 358 g/mol. The zero-order valence-electron chi connectivity index (χ0n) is 10.9. The van der Waals surface area contributed by atoms with Gasteiger partial charge in [0.25, 0.3) is 0 Å². The number of anilines is 1. The van der Waals surface area contributed by atoms with E-state index in [1.165, 1.54) is 0 Å². The van der Waals surface area contributed by atoms with Gasteiger partial charge in [-0.05, 0) is 12.1 Å². The zero-order valence-corrected chi connectivity index (χ0v) is 13.5. The summed E-state index contributed by atoms with van der Waals surface area (Å²) in [6.45, 7) is 0. The number of fused-ring (bicyclic) bond motifs is 1. The maximum atomic E-state index is 4.73. The third-order valence-electron chi connectivity index (χ3n) is 2.56. The second-order valence-electron chi connectivity index (χ2n) is 3.87. The Balaban J connectivity index is 0.000000497. The molecule has 1 aromatic carbocycles. The van der Waals surface area contributed by atoms with E-state index in [-0.39, 0.29) is 0 Å². The summed E-state index contributed by atoms with van der Waals surface area (Å²) in [4.78, 5) is 14.6. The summed E-state index contributed by atoms with van der Waals surface area (Å²) in [5.74, 6) is 1.40. The van der Waals surface area contributed by atoms with Crippen LogP contribution in [-0.4, -0.2) is 33.2 Å². The number of nitrogens with zero attached hydrogens (tertiary/aromatic N) is 4. The van der Waals surface area contributed by atoms with E-state index in [1.807, 2.05) is 31.3 Å². The Morgan fingerprint density at radius 3 is 2.76 bits per heavy atom. The molecule has 0 saturated carbocycles. The first-order valence-corrected chi connectivity index (χ1v) is 8.66. The maximum absolute atomic E-state index is 4.73. The van der Waals surface area contributed by atoms with Gasteiger partial charge in [-0.2, -0.15) is 5.10 Å². The number of aromatic amines is 2. The molecule has 0 saturated heterocycles. The van der Waals surface area contributed by atoms with Crippen LogP contribution >= 0.6 is 20.3 Å². The standard InChI is InChI=1S/C12H12N6.2ClH.Co/c1-18(15-8-11-13-6-7-14-11)12-16-9-4-2-3-5-10(9)17-12;;;/h2-8H,1H3,(H,13,14)(H,16,17);2*1H;/q;;;+2/p-2/b15-8+;;;. The van der Waals surface area contributed by atoms with Crippen molar-refractivity contribution in [2.24, 2.45) is 5.10 Å². The van der Waals surface area contributed by atoms with Gasteiger partial charge in [0.15, 0.2) is 0 Å². The molecule has 0 radical (unpaired) electrons. The first kappa shape index (κ1) is 15.8. The number of hydrogen-bond donors (Lipinski definition) is 2. The Bertz CT molecular complexity index is 664. The molecule has 6 nitrogen and oxygen atoms in total. The molecule has 2 aromatic heterocycles. The van der Waals surface area contributed by atoms with Crippen molar-refractivity contribution in [2.75, 3.05) is 12.1 Å². The van der Waals surface area contributed by atoms with E-state index in [4.69, 9.17) is 20.3 Å². The molecule has 2 heterocycles. The third-order valence-corrected chi connectivity index (χ3v) is 2.56. The van der Waals surface area contributed by atoms with E-state index in [0.717, 1.165) is 11.0 Å². The van der Waals surface area contributed by atoms with Crippen molar-refractivity contribution in [1.82, 2.24) is 19.9 Å². The van der Waals surface area contributed by atoms with Gasteiger partial charge in [-0.15, -0.1) is 0 Å². The van der Waals surface area contributed by atoms with Crippen LogP contribution in [0.4, 0.5) is 5.95 Å². The number of halogens is 2. The van der Waals surface area contributed by atoms with Crippen molar-refractivity contribution in [3.63, 3.8) is 0 Å². The molecule has 0 bridgehead atoms. The molecule has 0 atom stereocenters. The first-order chi connectivity index (χ1) is 10.2. The van der Waals surface area contributed by atoms with Crippen molar-refractivity contribution >= 4 is 43.5 Å². The van der Waals surface area contributed by atoms with E-state index >= 15 is 0 Å². The van der Waals surface area contributed by atoms with Gasteiger partial charge in [0, 0.05) is 19.4 Å². The van der Waals surface area contributed by atoms with E-state index < -0.39 is 0 Å². The number of rotatable bonds is 3. The van der Waals surface area contributed by atoms with Gasteiger partial charge >= 0.3 is 33.2 Å². The number of H-pyrrole nitrogens is 2. The summed E-state index contributed by atoms with van der Waals surface area (Å²) in [5, 5.41) is 5.92. The van der Waals surface area contributed by atoms with E-state index in [9.17, 15) is 0 Å². The van der Waals surface area contributed by atoms with Crippen LogP contribution < -0.4 is 5.01 Å². The number of para-hydroxylation sites is 2. The fourth-order valence-corrected chi connectivity index (χ4v) is 1.64. The van der Waals surface area contributed by atoms with Gasteiger partial charge < -0.3 is 9.97 Å². The average molecular weight is 370 g/mol. The van der Waals surface area contributed by atoms with E-state index in [2.05, 4.69) is 25.0 Å². The van der Waals surface area contributed by atoms with Crippen LogP contribution in [0, 0.1) is 0 Å². The number of aromatic nitrogens is 4. The van der Waals surface area contributed by atoms with Gasteiger partial charge in [0.05, 0.1) is 17.2 Å². The molecule has 0 aliphatic rings. The quantitative estimate of drug-likeness (QED) is 0.550. The number of nitrogens with one attached hydrogen (secondary N) is 2. The Morgan fingerprint density at radius 2 is 2.10 bits per heavy atom. The third kappa shape index (κ3) is 4.47. The van der Waals surface area contributed by atoms with Crippen molar-refractivity contribution < 1.29 is 12.9 Å². The number of benzene rings is 1. The molecule has 3 aromatic rings. The summed E-state index contributed by atoms with van der Waals surface area (Å²) in [6, 6.07) is 7.87. The summed E-state index contributed by atoms with van der Waals surface area (Å²) < 4.78 is 0.